The maximum absolute atomic E-state index is 6.39. The van der Waals surface area contributed by atoms with Crippen LogP contribution in [0.5, 0.6) is 0 Å². The van der Waals surface area contributed by atoms with Gasteiger partial charge in [0.25, 0.3) is 0 Å². The van der Waals surface area contributed by atoms with Gasteiger partial charge in [0, 0.05) is 24.3 Å². The number of unbranched alkanes of at least 4 members (excludes halogenated alkanes) is 1. The van der Waals surface area contributed by atoms with Crippen molar-refractivity contribution in [1.82, 2.24) is 0 Å². The SMILES string of the molecule is CCCCC12C=CC(O1)c1cccc(N3CCOCC3)c12. The van der Waals surface area contributed by atoms with Crippen molar-refractivity contribution in [3.05, 3.63) is 41.5 Å². The van der Waals surface area contributed by atoms with Crippen molar-refractivity contribution in [3.63, 3.8) is 0 Å². The highest BCUT2D eigenvalue weighted by Gasteiger charge is 2.48. The van der Waals surface area contributed by atoms with E-state index in [1.54, 1.807) is 0 Å². The van der Waals surface area contributed by atoms with Crippen LogP contribution in [0.15, 0.2) is 30.4 Å². The van der Waals surface area contributed by atoms with Gasteiger partial charge in [-0.05, 0) is 24.1 Å². The predicted molar refractivity (Wildman–Crippen MR) is 83.6 cm³/mol. The maximum atomic E-state index is 6.39. The molecular weight excluding hydrogens is 262 g/mol. The van der Waals surface area contributed by atoms with Gasteiger partial charge in [0.15, 0.2) is 0 Å². The molecule has 3 aliphatic heterocycles. The van der Waals surface area contributed by atoms with E-state index in [0.29, 0.717) is 0 Å². The standard InChI is InChI=1S/C18H23NO2/c1-2-3-8-18-9-7-16(21-18)14-5-4-6-15(17(14)18)19-10-12-20-13-11-19/h4-7,9,16H,2-3,8,10-13H2,1H3. The summed E-state index contributed by atoms with van der Waals surface area (Å²) in [4.78, 5) is 2.47. The molecule has 1 aromatic rings. The number of morpholine rings is 1. The van der Waals surface area contributed by atoms with Crippen LogP contribution in [-0.4, -0.2) is 26.3 Å². The first-order valence-electron chi connectivity index (χ1n) is 8.17. The molecule has 3 aliphatic rings. The van der Waals surface area contributed by atoms with Crippen molar-refractivity contribution in [2.75, 3.05) is 31.2 Å². The Balaban J connectivity index is 1.75. The average molecular weight is 285 g/mol. The Morgan fingerprint density at radius 2 is 2.14 bits per heavy atom. The zero-order valence-electron chi connectivity index (χ0n) is 12.7. The van der Waals surface area contributed by atoms with Crippen LogP contribution < -0.4 is 4.90 Å². The molecule has 0 amide bonds. The van der Waals surface area contributed by atoms with Gasteiger partial charge in [-0.15, -0.1) is 0 Å². The van der Waals surface area contributed by atoms with Crippen molar-refractivity contribution < 1.29 is 9.47 Å². The van der Waals surface area contributed by atoms with Crippen LogP contribution >= 0.6 is 0 Å². The molecule has 1 saturated heterocycles. The van der Waals surface area contributed by atoms with Crippen molar-refractivity contribution in [1.29, 1.82) is 0 Å². The molecule has 112 valence electrons. The molecule has 3 heteroatoms. The molecule has 0 aliphatic carbocycles. The Morgan fingerprint density at radius 1 is 1.29 bits per heavy atom. The van der Waals surface area contributed by atoms with Crippen LogP contribution in [0.2, 0.25) is 0 Å². The molecule has 0 spiro atoms. The zero-order valence-corrected chi connectivity index (χ0v) is 12.7. The van der Waals surface area contributed by atoms with Gasteiger partial charge in [0.05, 0.1) is 13.2 Å². The molecule has 0 N–H and O–H groups in total. The lowest BCUT2D eigenvalue weighted by Crippen LogP contribution is -2.38. The fourth-order valence-electron chi connectivity index (χ4n) is 3.89. The van der Waals surface area contributed by atoms with Crippen LogP contribution in [0.1, 0.15) is 43.4 Å². The van der Waals surface area contributed by atoms with E-state index >= 15 is 0 Å². The first-order valence-corrected chi connectivity index (χ1v) is 8.17. The number of anilines is 1. The Bertz CT molecular complexity index is 562. The minimum Gasteiger partial charge on any atom is -0.378 e. The third-order valence-electron chi connectivity index (χ3n) is 4.94. The van der Waals surface area contributed by atoms with E-state index in [1.165, 1.54) is 29.7 Å². The first kappa shape index (κ1) is 13.4. The summed E-state index contributed by atoms with van der Waals surface area (Å²) < 4.78 is 11.9. The number of fused-ring (bicyclic) bond motifs is 5. The molecule has 2 atom stereocenters. The molecule has 4 rings (SSSR count). The van der Waals surface area contributed by atoms with Crippen LogP contribution in [0.3, 0.4) is 0 Å². The van der Waals surface area contributed by atoms with Gasteiger partial charge >= 0.3 is 0 Å². The molecule has 0 radical (unpaired) electrons. The molecule has 1 aromatic carbocycles. The smallest absolute Gasteiger partial charge is 0.115 e. The molecule has 1 fully saturated rings. The summed E-state index contributed by atoms with van der Waals surface area (Å²) in [5.41, 5.74) is 3.98. The van der Waals surface area contributed by atoms with E-state index in [-0.39, 0.29) is 11.7 Å². The van der Waals surface area contributed by atoms with Crippen LogP contribution in [0.25, 0.3) is 0 Å². The Labute approximate surface area is 126 Å². The molecular formula is C18H23NO2. The molecule has 3 nitrogen and oxygen atoms in total. The minimum atomic E-state index is -0.176. The summed E-state index contributed by atoms with van der Waals surface area (Å²) in [6, 6.07) is 6.67. The lowest BCUT2D eigenvalue weighted by Gasteiger charge is -2.34. The zero-order chi connectivity index (χ0) is 14.3. The topological polar surface area (TPSA) is 21.7 Å². The molecule has 2 bridgehead atoms. The van der Waals surface area contributed by atoms with Gasteiger partial charge < -0.3 is 14.4 Å². The summed E-state index contributed by atoms with van der Waals surface area (Å²) in [5, 5.41) is 0. The number of rotatable bonds is 4. The van der Waals surface area contributed by atoms with Crippen molar-refractivity contribution in [3.8, 4) is 0 Å². The minimum absolute atomic E-state index is 0.165. The lowest BCUT2D eigenvalue weighted by atomic mass is 9.82. The highest BCUT2D eigenvalue weighted by Crippen LogP contribution is 2.55. The van der Waals surface area contributed by atoms with Gasteiger partial charge in [-0.2, -0.15) is 0 Å². The second-order valence-electron chi connectivity index (χ2n) is 6.23. The number of hydrogen-bond donors (Lipinski definition) is 0. The first-order chi connectivity index (χ1) is 10.3. The fraction of sp³-hybridized carbons (Fsp3) is 0.556. The summed E-state index contributed by atoms with van der Waals surface area (Å²) in [5.74, 6) is 0. The van der Waals surface area contributed by atoms with Gasteiger partial charge in [0.1, 0.15) is 11.7 Å². The van der Waals surface area contributed by atoms with E-state index in [9.17, 15) is 0 Å². The summed E-state index contributed by atoms with van der Waals surface area (Å²) in [7, 11) is 0. The predicted octanol–water partition coefficient (Wildman–Crippen LogP) is 3.55. The number of nitrogens with zero attached hydrogens (tertiary/aromatic N) is 1. The van der Waals surface area contributed by atoms with E-state index in [0.717, 1.165) is 32.7 Å². The molecule has 3 heterocycles. The second kappa shape index (κ2) is 5.15. The van der Waals surface area contributed by atoms with Gasteiger partial charge in [-0.1, -0.05) is 38.0 Å². The van der Waals surface area contributed by atoms with Crippen molar-refractivity contribution in [2.45, 2.75) is 37.9 Å². The lowest BCUT2D eigenvalue weighted by molar-refractivity contribution is -0.00985. The van der Waals surface area contributed by atoms with Crippen molar-refractivity contribution >= 4 is 5.69 Å². The van der Waals surface area contributed by atoms with Crippen LogP contribution in [0, 0.1) is 0 Å². The highest BCUT2D eigenvalue weighted by molar-refractivity contribution is 5.65. The summed E-state index contributed by atoms with van der Waals surface area (Å²) in [6.07, 6.45) is 8.20. The Hall–Kier alpha value is -1.32. The molecule has 2 unspecified atom stereocenters. The van der Waals surface area contributed by atoms with Crippen LogP contribution in [0.4, 0.5) is 5.69 Å². The van der Waals surface area contributed by atoms with E-state index in [2.05, 4.69) is 42.2 Å². The van der Waals surface area contributed by atoms with Crippen LogP contribution in [-0.2, 0) is 15.1 Å². The number of ether oxygens (including phenoxy) is 2. The Morgan fingerprint density at radius 3 is 2.95 bits per heavy atom. The molecule has 0 aromatic heterocycles. The number of benzene rings is 1. The van der Waals surface area contributed by atoms with E-state index in [1.807, 2.05) is 0 Å². The molecule has 21 heavy (non-hydrogen) atoms. The normalized spacial score (nSPS) is 30.0. The average Bonchev–Trinajstić information content (AvgIpc) is 3.11. The van der Waals surface area contributed by atoms with E-state index < -0.39 is 0 Å². The summed E-state index contributed by atoms with van der Waals surface area (Å²) in [6.45, 7) is 5.86. The quantitative estimate of drug-likeness (QED) is 0.790. The van der Waals surface area contributed by atoms with Crippen molar-refractivity contribution in [2.24, 2.45) is 0 Å². The third kappa shape index (κ3) is 2.02. The second-order valence-corrected chi connectivity index (χ2v) is 6.23. The van der Waals surface area contributed by atoms with Gasteiger partial charge in [-0.25, -0.2) is 0 Å². The number of hydrogen-bond acceptors (Lipinski definition) is 3. The summed E-state index contributed by atoms with van der Waals surface area (Å²) >= 11 is 0. The van der Waals surface area contributed by atoms with E-state index in [4.69, 9.17) is 9.47 Å². The van der Waals surface area contributed by atoms with Gasteiger partial charge in [-0.3, -0.25) is 0 Å². The highest BCUT2D eigenvalue weighted by atomic mass is 16.5. The fourth-order valence-corrected chi connectivity index (χ4v) is 3.89. The monoisotopic (exact) mass is 285 g/mol. The molecule has 0 saturated carbocycles. The largest absolute Gasteiger partial charge is 0.378 e. The maximum Gasteiger partial charge on any atom is 0.115 e. The van der Waals surface area contributed by atoms with Gasteiger partial charge in [0.2, 0.25) is 0 Å². The Kier molecular flexibility index (Phi) is 3.27. The third-order valence-corrected chi connectivity index (χ3v) is 4.94.